The number of aromatic nitrogens is 3. The third kappa shape index (κ3) is 2.06. The number of hydrogen-bond acceptors (Lipinski definition) is 2. The second kappa shape index (κ2) is 5.11. The molecule has 0 N–H and O–H groups in total. The van der Waals surface area contributed by atoms with Gasteiger partial charge in [-0.05, 0) is 30.7 Å². The molecule has 0 fully saturated rings. The van der Waals surface area contributed by atoms with Crippen LogP contribution in [0.2, 0.25) is 5.02 Å². The molecule has 2 heterocycles. The second-order valence-electron chi connectivity index (χ2n) is 5.39. The van der Waals surface area contributed by atoms with Gasteiger partial charge in [-0.25, -0.2) is 4.98 Å². The maximum absolute atomic E-state index is 6.18. The van der Waals surface area contributed by atoms with Gasteiger partial charge in [0.25, 0.3) is 0 Å². The van der Waals surface area contributed by atoms with Crippen LogP contribution in [-0.2, 0) is 0 Å². The van der Waals surface area contributed by atoms with E-state index in [9.17, 15) is 0 Å². The molecule has 1 atom stereocenters. The van der Waals surface area contributed by atoms with Gasteiger partial charge in [-0.3, -0.25) is 4.98 Å². The number of benzene rings is 2. The molecule has 4 rings (SSSR count). The third-order valence-corrected chi connectivity index (χ3v) is 4.30. The van der Waals surface area contributed by atoms with Crippen LogP contribution >= 0.6 is 11.6 Å². The van der Waals surface area contributed by atoms with E-state index in [1.54, 1.807) is 0 Å². The highest BCUT2D eigenvalue weighted by molar-refractivity contribution is 6.31. The van der Waals surface area contributed by atoms with Crippen molar-refractivity contribution >= 4 is 33.5 Å². The summed E-state index contributed by atoms with van der Waals surface area (Å²) in [6.45, 7) is 2.17. The Hall–Kier alpha value is -2.39. The summed E-state index contributed by atoms with van der Waals surface area (Å²) >= 11 is 6.18. The van der Waals surface area contributed by atoms with Crippen molar-refractivity contribution in [3.05, 3.63) is 71.6 Å². The van der Waals surface area contributed by atoms with Crippen LogP contribution < -0.4 is 0 Å². The number of halogens is 1. The molecule has 2 aromatic heterocycles. The van der Waals surface area contributed by atoms with E-state index in [0.717, 1.165) is 21.9 Å². The zero-order chi connectivity index (χ0) is 15.1. The quantitative estimate of drug-likeness (QED) is 0.530. The average molecular weight is 308 g/mol. The largest absolute Gasteiger partial charge is 0.323 e. The Morgan fingerprint density at radius 3 is 2.64 bits per heavy atom. The predicted molar refractivity (Wildman–Crippen MR) is 90.3 cm³/mol. The Kier molecular flexibility index (Phi) is 3.09. The van der Waals surface area contributed by atoms with Gasteiger partial charge in [0.1, 0.15) is 5.52 Å². The lowest BCUT2D eigenvalue weighted by Gasteiger charge is -2.15. The number of hydrogen-bond donors (Lipinski definition) is 0. The topological polar surface area (TPSA) is 30.7 Å². The highest BCUT2D eigenvalue weighted by Crippen LogP contribution is 2.29. The smallest absolute Gasteiger partial charge is 0.107 e. The van der Waals surface area contributed by atoms with Gasteiger partial charge in [-0.2, -0.15) is 0 Å². The summed E-state index contributed by atoms with van der Waals surface area (Å²) in [6, 6.07) is 16.4. The number of nitrogens with zero attached hydrogens (tertiary/aromatic N) is 3. The van der Waals surface area contributed by atoms with Gasteiger partial charge in [0, 0.05) is 10.4 Å². The first-order valence-electron chi connectivity index (χ1n) is 7.20. The molecule has 0 aliphatic heterocycles. The molecule has 4 heteroatoms. The lowest BCUT2D eigenvalue weighted by atomic mass is 10.1. The van der Waals surface area contributed by atoms with Crippen molar-refractivity contribution in [2.45, 2.75) is 13.0 Å². The first-order valence-corrected chi connectivity index (χ1v) is 7.57. The summed E-state index contributed by atoms with van der Waals surface area (Å²) in [6.07, 6.45) is 3.70. The summed E-state index contributed by atoms with van der Waals surface area (Å²) < 4.78 is 2.19. The first kappa shape index (κ1) is 13.3. The maximum Gasteiger partial charge on any atom is 0.107 e. The molecule has 4 aromatic rings. The van der Waals surface area contributed by atoms with Crippen LogP contribution in [0.5, 0.6) is 0 Å². The minimum Gasteiger partial charge on any atom is -0.323 e. The minimum atomic E-state index is 0.191. The fourth-order valence-electron chi connectivity index (χ4n) is 2.87. The molecule has 0 bridgehead atoms. The molecular formula is C18H14ClN3. The maximum atomic E-state index is 6.18. The van der Waals surface area contributed by atoms with Gasteiger partial charge in [-0.15, -0.1) is 0 Å². The standard InChI is InChI=1S/C18H14ClN3/c1-12(13-5-3-2-4-6-13)22-11-21-17-10-20-16-8-7-14(19)9-15(16)18(17)22/h2-12H,1H3/t12-/m0/s1. The summed E-state index contributed by atoms with van der Waals surface area (Å²) in [4.78, 5) is 8.96. The molecule has 108 valence electrons. The van der Waals surface area contributed by atoms with Crippen LogP contribution in [0.25, 0.3) is 21.9 Å². The number of pyridine rings is 1. The zero-order valence-electron chi connectivity index (χ0n) is 12.1. The highest BCUT2D eigenvalue weighted by atomic mass is 35.5. The fourth-order valence-corrected chi connectivity index (χ4v) is 3.05. The molecule has 2 aromatic carbocycles. The molecule has 0 amide bonds. The van der Waals surface area contributed by atoms with Crippen molar-refractivity contribution in [3.8, 4) is 0 Å². The van der Waals surface area contributed by atoms with Crippen molar-refractivity contribution in [2.75, 3.05) is 0 Å². The minimum absolute atomic E-state index is 0.191. The van der Waals surface area contributed by atoms with Gasteiger partial charge < -0.3 is 4.57 Å². The van der Waals surface area contributed by atoms with Crippen LogP contribution in [0.3, 0.4) is 0 Å². The van der Waals surface area contributed by atoms with Crippen molar-refractivity contribution in [1.29, 1.82) is 0 Å². The highest BCUT2D eigenvalue weighted by Gasteiger charge is 2.14. The Labute approximate surface area is 133 Å². The number of fused-ring (bicyclic) bond motifs is 3. The summed E-state index contributed by atoms with van der Waals surface area (Å²) in [5.41, 5.74) is 4.13. The number of imidazole rings is 1. The van der Waals surface area contributed by atoms with E-state index in [1.807, 2.05) is 36.8 Å². The van der Waals surface area contributed by atoms with Crippen LogP contribution in [0.4, 0.5) is 0 Å². The Balaban J connectivity index is 2.00. The second-order valence-corrected chi connectivity index (χ2v) is 5.83. The van der Waals surface area contributed by atoms with Crippen LogP contribution in [0.1, 0.15) is 18.5 Å². The monoisotopic (exact) mass is 307 g/mol. The summed E-state index contributed by atoms with van der Waals surface area (Å²) in [5, 5.41) is 1.74. The van der Waals surface area contributed by atoms with Crippen molar-refractivity contribution < 1.29 is 0 Å². The molecule has 0 aliphatic carbocycles. The zero-order valence-corrected chi connectivity index (χ0v) is 12.8. The summed E-state index contributed by atoms with van der Waals surface area (Å²) in [5.74, 6) is 0. The summed E-state index contributed by atoms with van der Waals surface area (Å²) in [7, 11) is 0. The van der Waals surface area contributed by atoms with E-state index in [-0.39, 0.29) is 6.04 Å². The Morgan fingerprint density at radius 2 is 1.82 bits per heavy atom. The normalized spacial score (nSPS) is 12.8. The molecule has 3 nitrogen and oxygen atoms in total. The van der Waals surface area contributed by atoms with Crippen molar-refractivity contribution in [3.63, 3.8) is 0 Å². The molecule has 22 heavy (non-hydrogen) atoms. The van der Waals surface area contributed by atoms with Gasteiger partial charge in [0.05, 0.1) is 29.6 Å². The lowest BCUT2D eigenvalue weighted by molar-refractivity contribution is 0.659. The molecule has 0 unspecified atom stereocenters. The first-order chi connectivity index (χ1) is 10.7. The van der Waals surface area contributed by atoms with E-state index in [0.29, 0.717) is 5.02 Å². The fraction of sp³-hybridized carbons (Fsp3) is 0.111. The SMILES string of the molecule is C[C@@H](c1ccccc1)n1cnc2cnc3ccc(Cl)cc3c21. The van der Waals surface area contributed by atoms with Gasteiger partial charge in [0.2, 0.25) is 0 Å². The third-order valence-electron chi connectivity index (χ3n) is 4.06. The predicted octanol–water partition coefficient (Wildman–Crippen LogP) is 4.85. The van der Waals surface area contributed by atoms with Gasteiger partial charge in [0.15, 0.2) is 0 Å². The Morgan fingerprint density at radius 1 is 1.00 bits per heavy atom. The van der Waals surface area contributed by atoms with Crippen LogP contribution in [0, 0.1) is 0 Å². The number of rotatable bonds is 2. The van der Waals surface area contributed by atoms with Gasteiger partial charge >= 0.3 is 0 Å². The van der Waals surface area contributed by atoms with E-state index in [2.05, 4.69) is 45.7 Å². The van der Waals surface area contributed by atoms with Crippen molar-refractivity contribution in [1.82, 2.24) is 14.5 Å². The Bertz CT molecular complexity index is 960. The van der Waals surface area contributed by atoms with Crippen molar-refractivity contribution in [2.24, 2.45) is 0 Å². The molecule has 0 spiro atoms. The van der Waals surface area contributed by atoms with E-state index in [4.69, 9.17) is 11.6 Å². The molecular weight excluding hydrogens is 294 g/mol. The van der Waals surface area contributed by atoms with E-state index >= 15 is 0 Å². The molecule has 0 saturated heterocycles. The van der Waals surface area contributed by atoms with E-state index < -0.39 is 0 Å². The molecule has 0 aliphatic rings. The van der Waals surface area contributed by atoms with Gasteiger partial charge in [-0.1, -0.05) is 41.9 Å². The molecule has 0 saturated carbocycles. The average Bonchev–Trinajstić information content (AvgIpc) is 2.99. The van der Waals surface area contributed by atoms with Crippen LogP contribution in [-0.4, -0.2) is 14.5 Å². The lowest BCUT2D eigenvalue weighted by Crippen LogP contribution is -2.05. The van der Waals surface area contributed by atoms with Crippen LogP contribution in [0.15, 0.2) is 61.1 Å². The van der Waals surface area contributed by atoms with E-state index in [1.165, 1.54) is 5.56 Å². The molecule has 0 radical (unpaired) electrons.